The molecular weight excluding hydrogens is 674 g/mol. The van der Waals surface area contributed by atoms with E-state index < -0.39 is 0 Å². The van der Waals surface area contributed by atoms with E-state index in [4.69, 9.17) is 0 Å². The summed E-state index contributed by atoms with van der Waals surface area (Å²) in [5, 5.41) is 0. The van der Waals surface area contributed by atoms with Crippen molar-refractivity contribution in [3.63, 3.8) is 0 Å². The van der Waals surface area contributed by atoms with Gasteiger partial charge < -0.3 is 0 Å². The van der Waals surface area contributed by atoms with Crippen molar-refractivity contribution in [1.82, 2.24) is 0 Å². The SMILES string of the molecule is CS([At])([At])[At]. The minimum absolute atomic E-state index is 0.000000000000000111. The summed E-state index contributed by atoms with van der Waals surface area (Å²) in [6, 6.07) is 0. The predicted molar refractivity (Wildman–Crippen MR) is 13.5 cm³/mol. The molecule has 0 radical (unpaired) electrons. The number of rotatable bonds is 0. The van der Waals surface area contributed by atoms with E-state index in [1.807, 2.05) is 69.8 Å². The number of hydrogen-bond acceptors (Lipinski definition) is 0. The molecule has 4 heteroatoms. The maximum absolute atomic E-state index is 2.34. The molecule has 0 aromatic rings. The molecule has 0 rings (SSSR count). The third-order valence-electron chi connectivity index (χ3n) is 0. The van der Waals surface area contributed by atoms with E-state index in [0.717, 1.165) is 0 Å². The van der Waals surface area contributed by atoms with Crippen LogP contribution in [0.4, 0.5) is 0 Å². The van der Waals surface area contributed by atoms with Crippen molar-refractivity contribution in [2.75, 3.05) is 6.26 Å². The van der Waals surface area contributed by atoms with Crippen LogP contribution in [0.2, 0.25) is 0 Å². The molecular formula is CH3At3S. The Morgan fingerprint density at radius 2 is 1.20 bits per heavy atom. The first kappa shape index (κ1) is 8.00. The predicted octanol–water partition coefficient (Wildman–Crippen LogP) is 0.814. The third kappa shape index (κ3) is 19.4. The first-order chi connectivity index (χ1) is 2.00. The first-order valence-corrected chi connectivity index (χ1v) is 13.4. The van der Waals surface area contributed by atoms with E-state index in [0.29, 0.717) is 0 Å². The molecule has 0 saturated heterocycles. The van der Waals surface area contributed by atoms with Crippen LogP contribution in [0.3, 0.4) is 0 Å². The van der Waals surface area contributed by atoms with Crippen LogP contribution in [-0.2, 0) is 0 Å². The van der Waals surface area contributed by atoms with Crippen molar-refractivity contribution in [3.8, 4) is 0 Å². The third-order valence-corrected chi connectivity index (χ3v) is 0. The van der Waals surface area contributed by atoms with Crippen LogP contribution in [0.1, 0.15) is 0 Å². The molecule has 0 amide bonds. The summed E-state index contributed by atoms with van der Waals surface area (Å²) in [6.45, 7) is 0. The van der Waals surface area contributed by atoms with Gasteiger partial charge in [0.1, 0.15) is 0 Å². The Balaban J connectivity index is 3.02. The summed E-state index contributed by atoms with van der Waals surface area (Å²) in [7, 11) is 0. The molecule has 0 nitrogen and oxygen atoms in total. The molecule has 0 spiro atoms. The summed E-state index contributed by atoms with van der Waals surface area (Å²) in [4.78, 5) is 0. The van der Waals surface area contributed by atoms with Crippen molar-refractivity contribution in [1.29, 1.82) is 0 Å². The maximum atomic E-state index is 2.34. The van der Waals surface area contributed by atoms with Gasteiger partial charge in [-0.15, -0.1) is 0 Å². The Morgan fingerprint density at radius 3 is 1.20 bits per heavy atom. The fourth-order valence-electron chi connectivity index (χ4n) is 0. The van der Waals surface area contributed by atoms with Crippen molar-refractivity contribution >= 4 is 0.297 Å². The molecule has 0 unspecified atom stereocenters. The van der Waals surface area contributed by atoms with Crippen molar-refractivity contribution in [2.45, 2.75) is 0 Å². The van der Waals surface area contributed by atoms with E-state index in [-0.39, 0.29) is 0.297 Å². The molecule has 0 aliphatic heterocycles. The van der Waals surface area contributed by atoms with Crippen molar-refractivity contribution < 1.29 is 69.8 Å². The van der Waals surface area contributed by atoms with Crippen LogP contribution in [0.25, 0.3) is 0 Å². The molecule has 0 N–H and O–H groups in total. The van der Waals surface area contributed by atoms with Gasteiger partial charge in [0.2, 0.25) is 0 Å². The molecule has 0 aromatic heterocycles. The fraction of sp³-hybridized carbons (Fsp3) is 1.00. The van der Waals surface area contributed by atoms with Gasteiger partial charge in [0.25, 0.3) is 0 Å². The average molecular weight is 677 g/mol. The van der Waals surface area contributed by atoms with Crippen LogP contribution in [0.15, 0.2) is 0 Å². The number of hydrogen-bond donors (Lipinski definition) is 0. The molecule has 5 heavy (non-hydrogen) atoms. The monoisotopic (exact) mass is 677 g/mol. The van der Waals surface area contributed by atoms with Crippen LogP contribution >= 0.6 is 0.297 Å². The van der Waals surface area contributed by atoms with Crippen LogP contribution in [-0.4, -0.2) is 6.26 Å². The second-order valence-electron chi connectivity index (χ2n) is 0.638. The standard InChI is InChI=1S/CH3At3S/c1-5(2,3)4/h1H3. The van der Waals surface area contributed by atoms with Crippen molar-refractivity contribution in [2.24, 2.45) is 0 Å². The van der Waals surface area contributed by atoms with E-state index >= 15 is 0 Å². The molecule has 34 valence electrons. The van der Waals surface area contributed by atoms with Gasteiger partial charge in [0.05, 0.1) is 0 Å². The molecule has 0 saturated carbocycles. The van der Waals surface area contributed by atoms with E-state index in [9.17, 15) is 0 Å². The molecule has 0 aliphatic rings. The molecule has 0 bridgehead atoms. The van der Waals surface area contributed by atoms with Gasteiger partial charge in [0, 0.05) is 0 Å². The van der Waals surface area contributed by atoms with Crippen LogP contribution < -0.4 is 0 Å². The van der Waals surface area contributed by atoms with E-state index in [1.54, 1.807) is 0 Å². The second kappa shape index (κ2) is 3.11. The Morgan fingerprint density at radius 1 is 1.20 bits per heavy atom. The summed E-state index contributed by atoms with van der Waals surface area (Å²) in [5.74, 6) is 0. The molecule has 0 atom stereocenters. The zero-order valence-electron chi connectivity index (χ0n) is 2.54. The van der Waals surface area contributed by atoms with Gasteiger partial charge in [-0.1, -0.05) is 0 Å². The molecule has 0 fully saturated rings. The summed E-state index contributed by atoms with van der Waals surface area (Å²) >= 11 is 5.91. The summed E-state index contributed by atoms with van der Waals surface area (Å²) in [5.41, 5.74) is 0. The summed E-state index contributed by atoms with van der Waals surface area (Å²) in [6.07, 6.45) is 2.34. The van der Waals surface area contributed by atoms with Crippen LogP contribution in [0.5, 0.6) is 0 Å². The summed E-state index contributed by atoms with van der Waals surface area (Å²) < 4.78 is -0.000000000000000111. The molecule has 0 aromatic carbocycles. The molecule has 0 heterocycles. The fourth-order valence-corrected chi connectivity index (χ4v) is 0. The average Bonchev–Trinajstić information content (AvgIpc) is 0.722. The van der Waals surface area contributed by atoms with Crippen LogP contribution in [0, 0.1) is 69.8 Å². The van der Waals surface area contributed by atoms with Gasteiger partial charge in [-0.05, 0) is 0 Å². The Bertz CT molecular complexity index is 22.4. The van der Waals surface area contributed by atoms with E-state index in [2.05, 4.69) is 6.26 Å². The van der Waals surface area contributed by atoms with Gasteiger partial charge in [-0.25, -0.2) is 0 Å². The second-order valence-corrected chi connectivity index (χ2v) is 52.6. The normalized spacial score (nSPS) is 15.2. The van der Waals surface area contributed by atoms with Gasteiger partial charge in [-0.2, -0.15) is 0 Å². The van der Waals surface area contributed by atoms with Crippen molar-refractivity contribution in [3.05, 3.63) is 0 Å². The zero-order chi connectivity index (χ0) is 4.50. The minimum atomic E-state index is -0.000000000000000111. The molecule has 0 aliphatic carbocycles. The Hall–Kier alpha value is 3.00. The van der Waals surface area contributed by atoms with Gasteiger partial charge in [-0.3, -0.25) is 0 Å². The van der Waals surface area contributed by atoms with Gasteiger partial charge >= 0.3 is 76.3 Å². The van der Waals surface area contributed by atoms with Gasteiger partial charge in [0.15, 0.2) is 0 Å². The zero-order valence-corrected chi connectivity index (χ0v) is 12.2. The quantitative estimate of drug-likeness (QED) is 0.357. The Labute approximate surface area is 74.5 Å². The van der Waals surface area contributed by atoms with E-state index in [1.165, 1.54) is 0 Å². The first-order valence-electron chi connectivity index (χ1n) is 0.871. The Kier molecular flexibility index (Phi) is 4.98. The topological polar surface area (TPSA) is 0 Å².